The standard InChI is InChI=1S/C31H60O4/c1-5-9-21-27(7-3)25-29(31(34)35-26-28(8-4)22-10-6-2)23-19-17-15-13-11-12-14-16-18-20-24-30(32)33/h27-29H,5-26H2,1-4H3,(H,32,33). The van der Waals surface area contributed by atoms with E-state index in [0.29, 0.717) is 24.9 Å². The van der Waals surface area contributed by atoms with Crippen molar-refractivity contribution in [3.8, 4) is 0 Å². The molecule has 0 spiro atoms. The lowest BCUT2D eigenvalue weighted by molar-refractivity contribution is -0.151. The molecule has 0 saturated heterocycles. The van der Waals surface area contributed by atoms with Crippen molar-refractivity contribution < 1.29 is 19.4 Å². The first-order valence-corrected chi connectivity index (χ1v) is 15.4. The normalized spacial score (nSPS) is 13.9. The maximum Gasteiger partial charge on any atom is 0.308 e. The number of hydrogen-bond acceptors (Lipinski definition) is 3. The zero-order valence-electron chi connectivity index (χ0n) is 24.0. The fourth-order valence-corrected chi connectivity index (χ4v) is 5.01. The highest BCUT2D eigenvalue weighted by Gasteiger charge is 2.24. The minimum Gasteiger partial charge on any atom is -0.481 e. The highest BCUT2D eigenvalue weighted by atomic mass is 16.5. The van der Waals surface area contributed by atoms with Crippen molar-refractivity contribution in [1.82, 2.24) is 0 Å². The van der Waals surface area contributed by atoms with Crippen molar-refractivity contribution in [2.24, 2.45) is 17.8 Å². The van der Waals surface area contributed by atoms with Crippen LogP contribution < -0.4 is 0 Å². The number of carbonyl (C=O) groups is 2. The lowest BCUT2D eigenvalue weighted by atomic mass is 9.86. The number of ether oxygens (including phenoxy) is 1. The Bertz CT molecular complexity index is 490. The fraction of sp³-hybridized carbons (Fsp3) is 0.935. The average molecular weight is 497 g/mol. The second-order valence-corrected chi connectivity index (χ2v) is 10.9. The molecular formula is C31H60O4. The maximum absolute atomic E-state index is 13.1. The zero-order valence-corrected chi connectivity index (χ0v) is 24.0. The van der Waals surface area contributed by atoms with Crippen LogP contribution in [0.25, 0.3) is 0 Å². The van der Waals surface area contributed by atoms with E-state index in [-0.39, 0.29) is 11.9 Å². The fourth-order valence-electron chi connectivity index (χ4n) is 5.01. The third kappa shape index (κ3) is 20.8. The monoisotopic (exact) mass is 496 g/mol. The van der Waals surface area contributed by atoms with Crippen molar-refractivity contribution in [2.75, 3.05) is 6.61 Å². The Morgan fingerprint density at radius 1 is 0.629 bits per heavy atom. The van der Waals surface area contributed by atoms with Crippen LogP contribution in [0.1, 0.15) is 163 Å². The molecule has 0 bridgehead atoms. The van der Waals surface area contributed by atoms with Crippen molar-refractivity contribution in [3.63, 3.8) is 0 Å². The topological polar surface area (TPSA) is 63.6 Å². The van der Waals surface area contributed by atoms with Gasteiger partial charge in [0.05, 0.1) is 12.5 Å². The molecule has 0 fully saturated rings. The molecule has 4 heteroatoms. The van der Waals surface area contributed by atoms with Gasteiger partial charge in [0.25, 0.3) is 0 Å². The molecule has 0 heterocycles. The van der Waals surface area contributed by atoms with Crippen LogP contribution in [-0.2, 0) is 14.3 Å². The molecule has 0 aliphatic rings. The van der Waals surface area contributed by atoms with Gasteiger partial charge in [-0.15, -0.1) is 0 Å². The Hall–Kier alpha value is -1.06. The predicted molar refractivity (Wildman–Crippen MR) is 149 cm³/mol. The molecule has 0 amide bonds. The molecule has 35 heavy (non-hydrogen) atoms. The lowest BCUT2D eigenvalue weighted by Crippen LogP contribution is -2.23. The van der Waals surface area contributed by atoms with E-state index in [4.69, 9.17) is 9.84 Å². The number of rotatable bonds is 26. The highest BCUT2D eigenvalue weighted by molar-refractivity contribution is 5.72. The van der Waals surface area contributed by atoms with E-state index >= 15 is 0 Å². The summed E-state index contributed by atoms with van der Waals surface area (Å²) in [6, 6.07) is 0. The first-order chi connectivity index (χ1) is 17.0. The molecule has 0 aliphatic heterocycles. The van der Waals surface area contributed by atoms with E-state index in [0.717, 1.165) is 51.4 Å². The van der Waals surface area contributed by atoms with Crippen molar-refractivity contribution >= 4 is 11.9 Å². The average Bonchev–Trinajstić information content (AvgIpc) is 2.85. The second-order valence-electron chi connectivity index (χ2n) is 10.9. The van der Waals surface area contributed by atoms with Gasteiger partial charge in [-0.25, -0.2) is 0 Å². The number of esters is 1. The number of carboxylic acids is 1. The third-order valence-electron chi connectivity index (χ3n) is 7.69. The van der Waals surface area contributed by atoms with Gasteiger partial charge in [-0.3, -0.25) is 9.59 Å². The van der Waals surface area contributed by atoms with E-state index in [2.05, 4.69) is 27.7 Å². The largest absolute Gasteiger partial charge is 0.481 e. The van der Waals surface area contributed by atoms with E-state index < -0.39 is 5.97 Å². The van der Waals surface area contributed by atoms with E-state index in [1.54, 1.807) is 0 Å². The molecule has 0 radical (unpaired) electrons. The molecule has 3 atom stereocenters. The van der Waals surface area contributed by atoms with Crippen LogP contribution >= 0.6 is 0 Å². The Morgan fingerprint density at radius 2 is 1.11 bits per heavy atom. The molecule has 0 rings (SSSR count). The molecule has 208 valence electrons. The number of unbranched alkanes of at least 4 members (excludes halogenated alkanes) is 11. The van der Waals surface area contributed by atoms with Crippen LogP contribution in [0.5, 0.6) is 0 Å². The molecule has 0 aromatic carbocycles. The maximum atomic E-state index is 13.1. The summed E-state index contributed by atoms with van der Waals surface area (Å²) in [4.78, 5) is 23.6. The summed E-state index contributed by atoms with van der Waals surface area (Å²) in [5, 5.41) is 8.67. The minimum absolute atomic E-state index is 0.0674. The highest BCUT2D eigenvalue weighted by Crippen LogP contribution is 2.27. The van der Waals surface area contributed by atoms with Gasteiger partial charge >= 0.3 is 11.9 Å². The SMILES string of the molecule is CCCCC(CC)COC(=O)C(CCCCCCCCCCCCC(=O)O)CC(CC)CCCC. The summed E-state index contributed by atoms with van der Waals surface area (Å²) in [5.74, 6) is 0.622. The van der Waals surface area contributed by atoms with Crippen LogP contribution in [0, 0.1) is 17.8 Å². The Labute approximate surface area is 218 Å². The van der Waals surface area contributed by atoms with Gasteiger partial charge in [0.15, 0.2) is 0 Å². The molecule has 1 N–H and O–H groups in total. The first-order valence-electron chi connectivity index (χ1n) is 15.4. The molecule has 0 aliphatic carbocycles. The number of hydrogen-bond donors (Lipinski definition) is 1. The first kappa shape index (κ1) is 33.9. The number of carboxylic acid groups (broad SMARTS) is 1. The quantitative estimate of drug-likeness (QED) is 0.0956. The van der Waals surface area contributed by atoms with Crippen LogP contribution in [0.2, 0.25) is 0 Å². The van der Waals surface area contributed by atoms with Gasteiger partial charge < -0.3 is 9.84 Å². The van der Waals surface area contributed by atoms with Crippen LogP contribution in [0.3, 0.4) is 0 Å². The van der Waals surface area contributed by atoms with Crippen molar-refractivity contribution in [1.29, 1.82) is 0 Å². The van der Waals surface area contributed by atoms with Crippen LogP contribution in [0.4, 0.5) is 0 Å². The molecule has 4 nitrogen and oxygen atoms in total. The summed E-state index contributed by atoms with van der Waals surface area (Å²) >= 11 is 0. The molecular weight excluding hydrogens is 436 g/mol. The summed E-state index contributed by atoms with van der Waals surface area (Å²) in [6.07, 6.45) is 23.5. The summed E-state index contributed by atoms with van der Waals surface area (Å²) in [7, 11) is 0. The Balaban J connectivity index is 4.30. The van der Waals surface area contributed by atoms with Gasteiger partial charge in [0.2, 0.25) is 0 Å². The minimum atomic E-state index is -0.677. The Morgan fingerprint density at radius 3 is 1.60 bits per heavy atom. The van der Waals surface area contributed by atoms with Crippen LogP contribution in [-0.4, -0.2) is 23.7 Å². The zero-order chi connectivity index (χ0) is 26.2. The number of carbonyl (C=O) groups excluding carboxylic acids is 1. The molecule has 0 aromatic heterocycles. The van der Waals surface area contributed by atoms with Gasteiger partial charge in [0, 0.05) is 6.42 Å². The van der Waals surface area contributed by atoms with Gasteiger partial charge in [0.1, 0.15) is 0 Å². The summed E-state index contributed by atoms with van der Waals surface area (Å²) < 4.78 is 5.90. The van der Waals surface area contributed by atoms with Crippen molar-refractivity contribution in [2.45, 2.75) is 163 Å². The van der Waals surface area contributed by atoms with E-state index in [1.165, 1.54) is 77.0 Å². The Kier molecular flexibility index (Phi) is 23.9. The van der Waals surface area contributed by atoms with E-state index in [9.17, 15) is 9.59 Å². The van der Waals surface area contributed by atoms with Gasteiger partial charge in [-0.05, 0) is 37.5 Å². The van der Waals surface area contributed by atoms with Crippen LogP contribution in [0.15, 0.2) is 0 Å². The van der Waals surface area contributed by atoms with Crippen molar-refractivity contribution in [3.05, 3.63) is 0 Å². The predicted octanol–water partition coefficient (Wildman–Crippen LogP) is 9.73. The van der Waals surface area contributed by atoms with Gasteiger partial charge in [-0.2, -0.15) is 0 Å². The second kappa shape index (κ2) is 24.6. The molecule has 3 unspecified atom stereocenters. The molecule has 0 aromatic rings. The summed E-state index contributed by atoms with van der Waals surface area (Å²) in [5.41, 5.74) is 0. The lowest BCUT2D eigenvalue weighted by Gasteiger charge is -2.23. The number of aliphatic carboxylic acids is 1. The smallest absolute Gasteiger partial charge is 0.308 e. The third-order valence-corrected chi connectivity index (χ3v) is 7.69. The molecule has 0 saturated carbocycles. The van der Waals surface area contributed by atoms with Gasteiger partial charge in [-0.1, -0.05) is 130 Å². The van der Waals surface area contributed by atoms with E-state index in [1.807, 2.05) is 0 Å². The summed E-state index contributed by atoms with van der Waals surface area (Å²) in [6.45, 7) is 9.56.